The molecule has 5 nitrogen and oxygen atoms in total. The average Bonchev–Trinajstić information content (AvgIpc) is 2.74. The van der Waals surface area contributed by atoms with Crippen LogP contribution in [0.25, 0.3) is 0 Å². The number of carbonyl (C=O) groups is 2. The lowest BCUT2D eigenvalue weighted by atomic mass is 10.1. The van der Waals surface area contributed by atoms with Gasteiger partial charge in [-0.3, -0.25) is 9.59 Å². The molecule has 0 aliphatic carbocycles. The lowest BCUT2D eigenvalue weighted by molar-refractivity contribution is -0.119. The van der Waals surface area contributed by atoms with Crippen LogP contribution >= 0.6 is 39.1 Å². The van der Waals surface area contributed by atoms with Crippen LogP contribution in [0, 0.1) is 0 Å². The molecule has 3 aromatic carbocycles. The number of amides is 2. The van der Waals surface area contributed by atoms with Crippen molar-refractivity contribution in [3.8, 4) is 0 Å². The van der Waals surface area contributed by atoms with E-state index in [-0.39, 0.29) is 5.84 Å². The number of halogens is 3. The number of aliphatic imine (C=N–C) groups is 1. The number of nitrogens with two attached hydrogens (primary N) is 1. The van der Waals surface area contributed by atoms with Crippen molar-refractivity contribution in [1.82, 2.24) is 5.32 Å². The summed E-state index contributed by atoms with van der Waals surface area (Å²) in [7, 11) is 0. The van der Waals surface area contributed by atoms with E-state index in [0.29, 0.717) is 31.2 Å². The van der Waals surface area contributed by atoms with Gasteiger partial charge in [0.25, 0.3) is 11.8 Å². The monoisotopic (exact) mass is 503 g/mol. The Morgan fingerprint density at radius 1 is 0.933 bits per heavy atom. The van der Waals surface area contributed by atoms with E-state index in [1.165, 1.54) is 6.07 Å². The molecule has 30 heavy (non-hydrogen) atoms. The standard InChI is InChI=1S/C22H16BrCl2N3O2/c23-17-10-9-15(12-18(17)25)21(29)27-19(14-7-4-8-16(24)11-14)22(30)28-20(26)13-5-2-1-3-6-13/h1-12,19H,(H,27,29)(H2,26,28,30). The zero-order chi connectivity index (χ0) is 21.7. The number of amidine groups is 1. The van der Waals surface area contributed by atoms with Crippen molar-refractivity contribution < 1.29 is 9.59 Å². The summed E-state index contributed by atoms with van der Waals surface area (Å²) in [5.74, 6) is -1.07. The van der Waals surface area contributed by atoms with Gasteiger partial charge in [-0.15, -0.1) is 0 Å². The first-order chi connectivity index (χ1) is 14.3. The van der Waals surface area contributed by atoms with E-state index < -0.39 is 17.9 Å². The van der Waals surface area contributed by atoms with E-state index in [2.05, 4.69) is 26.2 Å². The highest BCUT2D eigenvalue weighted by atomic mass is 79.9. The summed E-state index contributed by atoms with van der Waals surface area (Å²) in [4.78, 5) is 29.8. The van der Waals surface area contributed by atoms with E-state index in [1.54, 1.807) is 60.7 Å². The maximum absolute atomic E-state index is 13.0. The normalized spacial score (nSPS) is 12.3. The Hall–Kier alpha value is -2.67. The third-order valence-corrected chi connectivity index (χ3v) is 5.65. The van der Waals surface area contributed by atoms with Crippen molar-refractivity contribution in [3.63, 3.8) is 0 Å². The molecule has 1 atom stereocenters. The van der Waals surface area contributed by atoms with Gasteiger partial charge in [0.2, 0.25) is 0 Å². The Bertz CT molecular complexity index is 1120. The fraction of sp³-hybridized carbons (Fsp3) is 0.0455. The minimum absolute atomic E-state index is 0.0496. The van der Waals surface area contributed by atoms with Gasteiger partial charge in [0.15, 0.2) is 0 Å². The van der Waals surface area contributed by atoms with Crippen molar-refractivity contribution in [2.24, 2.45) is 10.7 Å². The SMILES string of the molecule is NC(=NC(=O)C(NC(=O)c1ccc(Br)c(Cl)c1)c1cccc(Cl)c1)c1ccccc1. The molecule has 0 aliphatic heterocycles. The summed E-state index contributed by atoms with van der Waals surface area (Å²) in [6, 6.07) is 19.2. The molecule has 2 amide bonds. The summed E-state index contributed by atoms with van der Waals surface area (Å²) in [6.45, 7) is 0. The summed E-state index contributed by atoms with van der Waals surface area (Å²) >= 11 is 15.4. The molecule has 0 radical (unpaired) electrons. The van der Waals surface area contributed by atoms with Crippen LogP contribution in [0.5, 0.6) is 0 Å². The first-order valence-electron chi connectivity index (χ1n) is 8.80. The zero-order valence-electron chi connectivity index (χ0n) is 15.5. The van der Waals surface area contributed by atoms with Gasteiger partial charge in [0.1, 0.15) is 11.9 Å². The molecular weight excluding hydrogens is 489 g/mol. The molecule has 0 aromatic heterocycles. The number of nitrogens with one attached hydrogen (secondary N) is 1. The van der Waals surface area contributed by atoms with Crippen LogP contribution in [0.3, 0.4) is 0 Å². The third-order valence-electron chi connectivity index (χ3n) is 4.19. The van der Waals surface area contributed by atoms with Crippen LogP contribution < -0.4 is 11.1 Å². The topological polar surface area (TPSA) is 84.5 Å². The molecule has 0 fully saturated rings. The quantitative estimate of drug-likeness (QED) is 0.371. The molecule has 3 N–H and O–H groups in total. The maximum Gasteiger partial charge on any atom is 0.274 e. The lowest BCUT2D eigenvalue weighted by Crippen LogP contribution is -2.34. The van der Waals surface area contributed by atoms with Crippen LogP contribution in [-0.2, 0) is 4.79 Å². The van der Waals surface area contributed by atoms with Gasteiger partial charge in [-0.2, -0.15) is 4.99 Å². The molecule has 8 heteroatoms. The number of hydrogen-bond acceptors (Lipinski definition) is 2. The molecule has 3 rings (SSSR count). The van der Waals surface area contributed by atoms with Gasteiger partial charge in [-0.05, 0) is 51.8 Å². The Morgan fingerprint density at radius 3 is 2.33 bits per heavy atom. The maximum atomic E-state index is 13.0. The van der Waals surface area contributed by atoms with Crippen molar-refractivity contribution in [1.29, 1.82) is 0 Å². The number of hydrogen-bond donors (Lipinski definition) is 2. The molecule has 1 unspecified atom stereocenters. The van der Waals surface area contributed by atoms with Gasteiger partial charge < -0.3 is 11.1 Å². The van der Waals surface area contributed by atoms with E-state index in [4.69, 9.17) is 28.9 Å². The molecule has 0 spiro atoms. The van der Waals surface area contributed by atoms with Gasteiger partial charge in [-0.1, -0.05) is 65.7 Å². The van der Waals surface area contributed by atoms with Crippen molar-refractivity contribution in [2.75, 3.05) is 0 Å². The van der Waals surface area contributed by atoms with Gasteiger partial charge >= 0.3 is 0 Å². The summed E-state index contributed by atoms with van der Waals surface area (Å²) in [5, 5.41) is 3.49. The van der Waals surface area contributed by atoms with Crippen molar-refractivity contribution in [3.05, 3.63) is 104 Å². The van der Waals surface area contributed by atoms with E-state index in [0.717, 1.165) is 0 Å². The molecule has 3 aromatic rings. The third kappa shape index (κ3) is 5.48. The molecule has 0 bridgehead atoms. The predicted molar refractivity (Wildman–Crippen MR) is 123 cm³/mol. The fourth-order valence-corrected chi connectivity index (χ4v) is 3.31. The molecule has 0 heterocycles. The summed E-state index contributed by atoms with van der Waals surface area (Å²) in [5.41, 5.74) is 7.36. The molecule has 0 saturated carbocycles. The Labute approximate surface area is 192 Å². The molecule has 0 aliphatic rings. The molecule has 0 saturated heterocycles. The number of nitrogens with zero attached hydrogens (tertiary/aromatic N) is 1. The largest absolute Gasteiger partial charge is 0.383 e. The Morgan fingerprint density at radius 2 is 1.67 bits per heavy atom. The van der Waals surface area contributed by atoms with Crippen LogP contribution in [0.2, 0.25) is 10.0 Å². The predicted octanol–water partition coefficient (Wildman–Crippen LogP) is 5.16. The second kappa shape index (κ2) is 9.89. The highest BCUT2D eigenvalue weighted by molar-refractivity contribution is 9.10. The lowest BCUT2D eigenvalue weighted by Gasteiger charge is -2.17. The second-order valence-electron chi connectivity index (χ2n) is 6.29. The Balaban J connectivity index is 1.93. The molecular formula is C22H16BrCl2N3O2. The van der Waals surface area contributed by atoms with Crippen molar-refractivity contribution >= 4 is 56.8 Å². The smallest absolute Gasteiger partial charge is 0.274 e. The van der Waals surface area contributed by atoms with Crippen molar-refractivity contribution in [2.45, 2.75) is 6.04 Å². The first kappa shape index (κ1) is 22.0. The van der Waals surface area contributed by atoms with Gasteiger partial charge in [0, 0.05) is 20.6 Å². The van der Waals surface area contributed by atoms with E-state index in [9.17, 15) is 9.59 Å². The fourth-order valence-electron chi connectivity index (χ4n) is 2.68. The Kier molecular flexibility index (Phi) is 7.26. The van der Waals surface area contributed by atoms with Crippen LogP contribution in [-0.4, -0.2) is 17.6 Å². The van der Waals surface area contributed by atoms with E-state index >= 15 is 0 Å². The molecule has 152 valence electrons. The van der Waals surface area contributed by atoms with Crippen LogP contribution in [0.15, 0.2) is 82.3 Å². The first-order valence-corrected chi connectivity index (χ1v) is 10.3. The second-order valence-corrected chi connectivity index (χ2v) is 7.99. The summed E-state index contributed by atoms with van der Waals surface area (Å²) < 4.78 is 0.656. The van der Waals surface area contributed by atoms with E-state index in [1.807, 2.05) is 6.07 Å². The van der Waals surface area contributed by atoms with Crippen LogP contribution in [0.4, 0.5) is 0 Å². The van der Waals surface area contributed by atoms with Crippen LogP contribution in [0.1, 0.15) is 27.5 Å². The minimum Gasteiger partial charge on any atom is -0.383 e. The average molecular weight is 505 g/mol. The van der Waals surface area contributed by atoms with Gasteiger partial charge in [-0.25, -0.2) is 0 Å². The minimum atomic E-state index is -1.08. The number of benzene rings is 3. The number of rotatable bonds is 5. The summed E-state index contributed by atoms with van der Waals surface area (Å²) in [6.07, 6.45) is 0. The highest BCUT2D eigenvalue weighted by Crippen LogP contribution is 2.24. The number of carbonyl (C=O) groups excluding carboxylic acids is 2. The zero-order valence-corrected chi connectivity index (χ0v) is 18.6. The van der Waals surface area contributed by atoms with Gasteiger partial charge in [0.05, 0.1) is 5.02 Å². The highest BCUT2D eigenvalue weighted by Gasteiger charge is 2.24.